The Kier molecular flexibility index (Phi) is 6.17. The van der Waals surface area contributed by atoms with Gasteiger partial charge in [-0.1, -0.05) is 36.5 Å². The van der Waals surface area contributed by atoms with Gasteiger partial charge in [-0.3, -0.25) is 15.1 Å². The normalized spacial score (nSPS) is 16.6. The molecule has 4 rings (SSSR count). The number of pyridine rings is 1. The van der Waals surface area contributed by atoms with Crippen LogP contribution in [0.15, 0.2) is 35.1 Å². The predicted octanol–water partition coefficient (Wildman–Crippen LogP) is 4.23. The number of carbonyl (C=O) groups excluding carboxylic acids is 2. The molecule has 0 saturated carbocycles. The van der Waals surface area contributed by atoms with Crippen molar-refractivity contribution >= 4 is 34.3 Å². The fourth-order valence-electron chi connectivity index (χ4n) is 3.55. The zero-order chi connectivity index (χ0) is 22.7. The van der Waals surface area contributed by atoms with Crippen molar-refractivity contribution in [1.82, 2.24) is 24.6 Å². The van der Waals surface area contributed by atoms with E-state index in [0.717, 1.165) is 36.4 Å². The maximum Gasteiger partial charge on any atom is 0.323 e. The molecule has 0 aliphatic carbocycles. The molecule has 0 spiro atoms. The molecule has 0 radical (unpaired) electrons. The Morgan fingerprint density at radius 2 is 2.09 bits per heavy atom. The molecular formula is C21H25N7O3S. The lowest BCUT2D eigenvalue weighted by atomic mass is 9.93. The highest BCUT2D eigenvalue weighted by Crippen LogP contribution is 2.31. The summed E-state index contributed by atoms with van der Waals surface area (Å²) in [6, 6.07) is 5.14. The molecule has 168 valence electrons. The number of urea groups is 1. The summed E-state index contributed by atoms with van der Waals surface area (Å²) in [6.45, 7) is 6.57. The van der Waals surface area contributed by atoms with Crippen molar-refractivity contribution < 1.29 is 14.1 Å². The van der Waals surface area contributed by atoms with Crippen LogP contribution in [0.1, 0.15) is 67.9 Å². The summed E-state index contributed by atoms with van der Waals surface area (Å²) in [7, 11) is 0. The lowest BCUT2D eigenvalue weighted by molar-refractivity contribution is 0.102. The number of anilines is 2. The minimum Gasteiger partial charge on any atom is -0.359 e. The average Bonchev–Trinajstić information content (AvgIpc) is 3.44. The number of hydrogen-bond donors (Lipinski definition) is 2. The van der Waals surface area contributed by atoms with E-state index in [1.807, 2.05) is 32.9 Å². The van der Waals surface area contributed by atoms with E-state index in [1.165, 1.54) is 0 Å². The summed E-state index contributed by atoms with van der Waals surface area (Å²) in [5.41, 5.74) is 0.776. The van der Waals surface area contributed by atoms with E-state index in [0.29, 0.717) is 12.3 Å². The van der Waals surface area contributed by atoms with Gasteiger partial charge >= 0.3 is 6.03 Å². The zero-order valence-corrected chi connectivity index (χ0v) is 19.0. The van der Waals surface area contributed by atoms with E-state index in [2.05, 4.69) is 30.4 Å². The Morgan fingerprint density at radius 3 is 2.81 bits per heavy atom. The Bertz CT molecular complexity index is 1090. The molecule has 1 saturated heterocycles. The van der Waals surface area contributed by atoms with Gasteiger partial charge in [0.25, 0.3) is 5.91 Å². The fraction of sp³-hybridized carbons (Fsp3) is 0.429. The van der Waals surface area contributed by atoms with Crippen LogP contribution in [0.4, 0.5) is 15.6 Å². The molecule has 1 aliphatic heterocycles. The number of nitrogens with zero attached hydrogens (tertiary/aromatic N) is 5. The smallest absolute Gasteiger partial charge is 0.323 e. The first kappa shape index (κ1) is 21.9. The van der Waals surface area contributed by atoms with Crippen molar-refractivity contribution in [3.8, 4) is 0 Å². The van der Waals surface area contributed by atoms with Crippen LogP contribution in [0.5, 0.6) is 0 Å². The number of aromatic nitrogens is 4. The van der Waals surface area contributed by atoms with Crippen LogP contribution in [0, 0.1) is 0 Å². The van der Waals surface area contributed by atoms with E-state index in [-0.39, 0.29) is 34.0 Å². The van der Waals surface area contributed by atoms with Crippen LogP contribution in [0.2, 0.25) is 0 Å². The molecular weight excluding hydrogens is 430 g/mol. The van der Waals surface area contributed by atoms with Crippen molar-refractivity contribution in [3.63, 3.8) is 0 Å². The van der Waals surface area contributed by atoms with Crippen molar-refractivity contribution in [1.29, 1.82) is 0 Å². The minimum absolute atomic E-state index is 0.0265. The van der Waals surface area contributed by atoms with Gasteiger partial charge in [0.05, 0.1) is 6.04 Å². The van der Waals surface area contributed by atoms with Gasteiger partial charge in [0.15, 0.2) is 16.5 Å². The van der Waals surface area contributed by atoms with E-state index in [4.69, 9.17) is 4.52 Å². The molecule has 0 bridgehead atoms. The van der Waals surface area contributed by atoms with Crippen LogP contribution in [-0.4, -0.2) is 43.1 Å². The number of piperidine rings is 1. The topological polar surface area (TPSA) is 126 Å². The molecule has 11 heteroatoms. The molecule has 3 aromatic rings. The standard InChI is InChI=1S/C21H25N7O3S/c1-21(2,3)15-11-16(26-31-15)23-18(29)17-19(32-27-25-17)24-20(30)28-10-5-4-8-14(28)13-7-6-9-22-12-13/h6-7,9,11-12,14H,4-5,8,10H2,1-3H3,(H,24,30)(H,23,26,29). The molecule has 1 atom stereocenters. The van der Waals surface area contributed by atoms with Gasteiger partial charge in [-0.05, 0) is 30.9 Å². The summed E-state index contributed by atoms with van der Waals surface area (Å²) >= 11 is 0.951. The first-order valence-corrected chi connectivity index (χ1v) is 11.2. The first-order valence-electron chi connectivity index (χ1n) is 10.4. The van der Waals surface area contributed by atoms with Crippen molar-refractivity contribution in [2.75, 3.05) is 17.2 Å². The van der Waals surface area contributed by atoms with E-state index in [1.54, 1.807) is 23.4 Å². The van der Waals surface area contributed by atoms with Crippen molar-refractivity contribution in [2.24, 2.45) is 0 Å². The summed E-state index contributed by atoms with van der Waals surface area (Å²) in [4.78, 5) is 31.8. The van der Waals surface area contributed by atoms with Crippen molar-refractivity contribution in [2.45, 2.75) is 51.5 Å². The van der Waals surface area contributed by atoms with Crippen LogP contribution in [0.3, 0.4) is 0 Å². The second-order valence-corrected chi connectivity index (χ2v) is 9.41. The van der Waals surface area contributed by atoms with Gasteiger partial charge in [-0.25, -0.2) is 4.79 Å². The fourth-order valence-corrected chi connectivity index (χ4v) is 4.10. The van der Waals surface area contributed by atoms with Crippen molar-refractivity contribution in [3.05, 3.63) is 47.6 Å². The molecule has 1 unspecified atom stereocenters. The lowest BCUT2D eigenvalue weighted by Crippen LogP contribution is -2.41. The monoisotopic (exact) mass is 455 g/mol. The largest absolute Gasteiger partial charge is 0.359 e. The highest BCUT2D eigenvalue weighted by Gasteiger charge is 2.30. The third-order valence-electron chi connectivity index (χ3n) is 5.25. The lowest BCUT2D eigenvalue weighted by Gasteiger charge is -2.35. The molecule has 0 aromatic carbocycles. The van der Waals surface area contributed by atoms with Gasteiger partial charge < -0.3 is 14.7 Å². The zero-order valence-electron chi connectivity index (χ0n) is 18.2. The Morgan fingerprint density at radius 1 is 1.25 bits per heavy atom. The Hall–Kier alpha value is -3.34. The number of rotatable bonds is 4. The van der Waals surface area contributed by atoms with Crippen LogP contribution < -0.4 is 10.6 Å². The number of hydrogen-bond acceptors (Lipinski definition) is 8. The number of amides is 3. The predicted molar refractivity (Wildman–Crippen MR) is 120 cm³/mol. The van der Waals surface area contributed by atoms with E-state index in [9.17, 15) is 9.59 Å². The Balaban J connectivity index is 1.46. The van der Waals surface area contributed by atoms with Gasteiger partial charge in [0, 0.05) is 42.0 Å². The molecule has 10 nitrogen and oxygen atoms in total. The maximum atomic E-state index is 13.1. The van der Waals surface area contributed by atoms with E-state index < -0.39 is 5.91 Å². The molecule has 32 heavy (non-hydrogen) atoms. The maximum absolute atomic E-state index is 13.1. The molecule has 1 fully saturated rings. The average molecular weight is 456 g/mol. The third-order valence-corrected chi connectivity index (χ3v) is 5.89. The van der Waals surface area contributed by atoms with Gasteiger partial charge in [0.2, 0.25) is 0 Å². The third kappa shape index (κ3) is 4.77. The summed E-state index contributed by atoms with van der Waals surface area (Å²) in [5.74, 6) is 0.396. The van der Waals surface area contributed by atoms with Gasteiger partial charge in [-0.15, -0.1) is 5.10 Å². The minimum atomic E-state index is -0.523. The highest BCUT2D eigenvalue weighted by atomic mass is 32.1. The SMILES string of the molecule is CC(C)(C)c1cc(NC(=O)c2nnsc2NC(=O)N2CCCCC2c2cccnc2)no1. The molecule has 4 heterocycles. The van der Waals surface area contributed by atoms with Gasteiger partial charge in [0.1, 0.15) is 5.76 Å². The van der Waals surface area contributed by atoms with Crippen LogP contribution >= 0.6 is 11.5 Å². The van der Waals surface area contributed by atoms with Crippen LogP contribution in [0.25, 0.3) is 0 Å². The van der Waals surface area contributed by atoms with Crippen LogP contribution in [-0.2, 0) is 5.41 Å². The molecule has 3 aromatic heterocycles. The summed E-state index contributed by atoms with van der Waals surface area (Å²) < 4.78 is 9.14. The van der Waals surface area contributed by atoms with E-state index >= 15 is 0 Å². The molecule has 2 N–H and O–H groups in total. The number of likely N-dealkylation sites (tertiary alicyclic amines) is 1. The second kappa shape index (κ2) is 9.03. The summed E-state index contributed by atoms with van der Waals surface area (Å²) in [5, 5.41) is 13.5. The van der Waals surface area contributed by atoms with Gasteiger partial charge in [-0.2, -0.15) is 0 Å². The summed E-state index contributed by atoms with van der Waals surface area (Å²) in [6.07, 6.45) is 6.31. The molecule has 1 aliphatic rings. The highest BCUT2D eigenvalue weighted by molar-refractivity contribution is 7.10. The molecule has 3 amide bonds. The number of nitrogens with one attached hydrogen (secondary N) is 2. The quantitative estimate of drug-likeness (QED) is 0.603. The second-order valence-electron chi connectivity index (χ2n) is 8.65. The Labute approximate surface area is 189 Å². The number of carbonyl (C=O) groups is 2. The first-order chi connectivity index (χ1) is 15.3.